The second-order valence-corrected chi connectivity index (χ2v) is 6.95. The number of carbonyl (C=O) groups excluding carboxylic acids is 1. The fourth-order valence-electron chi connectivity index (χ4n) is 3.58. The Morgan fingerprint density at radius 3 is 2.50 bits per heavy atom. The Morgan fingerprint density at radius 2 is 1.86 bits per heavy atom. The Labute approximate surface area is 133 Å². The molecule has 2 aliphatic rings. The standard InChI is InChI=1S/C19H27NO2/c1-14(2)15-7-9-16(10-8-15)18-13-20(11-12-22-18)19(21)17-5-3-4-6-17/h7-10,14,17-18H,3-6,11-13H2,1-2H3. The number of rotatable bonds is 3. The second-order valence-electron chi connectivity index (χ2n) is 6.95. The maximum Gasteiger partial charge on any atom is 0.225 e. The topological polar surface area (TPSA) is 29.5 Å². The van der Waals surface area contributed by atoms with E-state index in [1.54, 1.807) is 0 Å². The van der Waals surface area contributed by atoms with Gasteiger partial charge in [0.15, 0.2) is 0 Å². The van der Waals surface area contributed by atoms with E-state index in [0.29, 0.717) is 25.0 Å². The highest BCUT2D eigenvalue weighted by Gasteiger charge is 2.31. The Balaban J connectivity index is 1.65. The van der Waals surface area contributed by atoms with E-state index in [-0.39, 0.29) is 12.0 Å². The van der Waals surface area contributed by atoms with E-state index >= 15 is 0 Å². The number of nitrogens with zero attached hydrogens (tertiary/aromatic N) is 1. The lowest BCUT2D eigenvalue weighted by molar-refractivity contribution is -0.143. The number of hydrogen-bond donors (Lipinski definition) is 0. The normalized spacial score (nSPS) is 23.2. The molecule has 0 radical (unpaired) electrons. The van der Waals surface area contributed by atoms with Gasteiger partial charge in [0, 0.05) is 12.5 Å². The van der Waals surface area contributed by atoms with E-state index in [0.717, 1.165) is 19.4 Å². The summed E-state index contributed by atoms with van der Waals surface area (Å²) in [4.78, 5) is 14.6. The van der Waals surface area contributed by atoms with E-state index in [1.807, 2.05) is 4.90 Å². The van der Waals surface area contributed by atoms with Gasteiger partial charge in [0.2, 0.25) is 5.91 Å². The molecule has 1 aliphatic heterocycles. The van der Waals surface area contributed by atoms with Crippen molar-refractivity contribution in [2.24, 2.45) is 5.92 Å². The fourth-order valence-corrected chi connectivity index (χ4v) is 3.58. The summed E-state index contributed by atoms with van der Waals surface area (Å²) in [5.74, 6) is 1.16. The largest absolute Gasteiger partial charge is 0.370 e. The van der Waals surface area contributed by atoms with Crippen LogP contribution in [0.1, 0.15) is 62.7 Å². The molecule has 3 nitrogen and oxygen atoms in total. The van der Waals surface area contributed by atoms with Crippen LogP contribution in [0.3, 0.4) is 0 Å². The van der Waals surface area contributed by atoms with Crippen molar-refractivity contribution in [3.63, 3.8) is 0 Å². The zero-order chi connectivity index (χ0) is 15.5. The summed E-state index contributed by atoms with van der Waals surface area (Å²) < 4.78 is 5.91. The molecule has 3 rings (SSSR count). The van der Waals surface area contributed by atoms with Gasteiger partial charge in [-0.2, -0.15) is 0 Å². The predicted molar refractivity (Wildman–Crippen MR) is 87.8 cm³/mol. The number of hydrogen-bond acceptors (Lipinski definition) is 2. The van der Waals surface area contributed by atoms with Crippen molar-refractivity contribution in [3.8, 4) is 0 Å². The molecule has 1 aromatic carbocycles. The number of amides is 1. The van der Waals surface area contributed by atoms with E-state index in [4.69, 9.17) is 4.74 Å². The average Bonchev–Trinajstić information content (AvgIpc) is 3.09. The van der Waals surface area contributed by atoms with E-state index in [1.165, 1.54) is 24.0 Å². The van der Waals surface area contributed by atoms with Crippen molar-refractivity contribution in [2.45, 2.75) is 51.6 Å². The van der Waals surface area contributed by atoms with Crippen LogP contribution in [-0.4, -0.2) is 30.5 Å². The minimum Gasteiger partial charge on any atom is -0.370 e. The molecule has 0 spiro atoms. The summed E-state index contributed by atoms with van der Waals surface area (Å²) >= 11 is 0. The highest BCUT2D eigenvalue weighted by Crippen LogP contribution is 2.29. The predicted octanol–water partition coefficient (Wildman–Crippen LogP) is 3.90. The van der Waals surface area contributed by atoms with Gasteiger partial charge in [-0.1, -0.05) is 51.0 Å². The van der Waals surface area contributed by atoms with Gasteiger partial charge in [-0.05, 0) is 29.9 Å². The van der Waals surface area contributed by atoms with Crippen molar-refractivity contribution in [2.75, 3.05) is 19.7 Å². The third kappa shape index (κ3) is 3.35. The SMILES string of the molecule is CC(C)c1ccc(C2CN(C(=O)C3CCCC3)CCO2)cc1. The molecular weight excluding hydrogens is 274 g/mol. The van der Waals surface area contributed by atoms with Gasteiger partial charge < -0.3 is 9.64 Å². The third-order valence-electron chi connectivity index (χ3n) is 5.06. The van der Waals surface area contributed by atoms with Crippen LogP contribution < -0.4 is 0 Å². The van der Waals surface area contributed by atoms with Crippen molar-refractivity contribution in [3.05, 3.63) is 35.4 Å². The zero-order valence-electron chi connectivity index (χ0n) is 13.8. The van der Waals surface area contributed by atoms with Crippen molar-refractivity contribution < 1.29 is 9.53 Å². The van der Waals surface area contributed by atoms with Gasteiger partial charge in [0.25, 0.3) is 0 Å². The molecular formula is C19H27NO2. The van der Waals surface area contributed by atoms with E-state index in [9.17, 15) is 4.79 Å². The molecule has 1 saturated heterocycles. The lowest BCUT2D eigenvalue weighted by Gasteiger charge is -2.34. The molecule has 1 atom stereocenters. The summed E-state index contributed by atoms with van der Waals surface area (Å²) in [7, 11) is 0. The lowest BCUT2D eigenvalue weighted by atomic mass is 9.99. The summed E-state index contributed by atoms with van der Waals surface area (Å²) in [5.41, 5.74) is 2.53. The van der Waals surface area contributed by atoms with Crippen molar-refractivity contribution >= 4 is 5.91 Å². The first-order valence-electron chi connectivity index (χ1n) is 8.65. The molecule has 1 heterocycles. The summed E-state index contributed by atoms with van der Waals surface area (Å²) in [5, 5.41) is 0. The molecule has 0 N–H and O–H groups in total. The van der Waals surface area contributed by atoms with Crippen LogP contribution in [0, 0.1) is 5.92 Å². The fraction of sp³-hybridized carbons (Fsp3) is 0.632. The smallest absolute Gasteiger partial charge is 0.225 e. The maximum absolute atomic E-state index is 12.6. The van der Waals surface area contributed by atoms with Crippen LogP contribution in [0.2, 0.25) is 0 Å². The highest BCUT2D eigenvalue weighted by molar-refractivity contribution is 5.79. The van der Waals surface area contributed by atoms with Gasteiger partial charge in [0.05, 0.1) is 13.2 Å². The third-order valence-corrected chi connectivity index (χ3v) is 5.06. The van der Waals surface area contributed by atoms with Gasteiger partial charge in [-0.25, -0.2) is 0 Å². The first-order chi connectivity index (χ1) is 10.6. The summed E-state index contributed by atoms with van der Waals surface area (Å²) in [6.45, 7) is 6.50. The molecule has 0 bridgehead atoms. The first-order valence-corrected chi connectivity index (χ1v) is 8.65. The molecule has 1 aromatic rings. The van der Waals surface area contributed by atoms with E-state index < -0.39 is 0 Å². The molecule has 22 heavy (non-hydrogen) atoms. The highest BCUT2D eigenvalue weighted by atomic mass is 16.5. The Kier molecular flexibility index (Phi) is 4.82. The minimum atomic E-state index is 0.0281. The molecule has 1 saturated carbocycles. The van der Waals surface area contributed by atoms with Gasteiger partial charge >= 0.3 is 0 Å². The Hall–Kier alpha value is -1.35. The van der Waals surface area contributed by atoms with Gasteiger partial charge in [-0.15, -0.1) is 0 Å². The average molecular weight is 301 g/mol. The molecule has 1 aliphatic carbocycles. The summed E-state index contributed by atoms with van der Waals surface area (Å²) in [6.07, 6.45) is 4.59. The van der Waals surface area contributed by atoms with Gasteiger partial charge in [0.1, 0.15) is 6.10 Å². The number of benzene rings is 1. The molecule has 1 unspecified atom stereocenters. The monoisotopic (exact) mass is 301 g/mol. The number of carbonyl (C=O) groups is 1. The summed E-state index contributed by atoms with van der Waals surface area (Å²) in [6, 6.07) is 8.68. The Morgan fingerprint density at radius 1 is 1.18 bits per heavy atom. The molecule has 120 valence electrons. The zero-order valence-corrected chi connectivity index (χ0v) is 13.8. The first kappa shape index (κ1) is 15.5. The minimum absolute atomic E-state index is 0.0281. The molecule has 1 amide bonds. The molecule has 0 aromatic heterocycles. The number of morpholine rings is 1. The van der Waals surface area contributed by atoms with E-state index in [2.05, 4.69) is 38.1 Å². The van der Waals surface area contributed by atoms with Gasteiger partial charge in [-0.3, -0.25) is 4.79 Å². The van der Waals surface area contributed by atoms with Crippen LogP contribution in [-0.2, 0) is 9.53 Å². The number of ether oxygens (including phenoxy) is 1. The van der Waals surface area contributed by atoms with Crippen molar-refractivity contribution in [1.29, 1.82) is 0 Å². The van der Waals surface area contributed by atoms with Crippen LogP contribution in [0.5, 0.6) is 0 Å². The molecule has 2 fully saturated rings. The Bertz CT molecular complexity index is 503. The molecule has 3 heteroatoms. The van der Waals surface area contributed by atoms with Crippen molar-refractivity contribution in [1.82, 2.24) is 4.90 Å². The van der Waals surface area contributed by atoms with Crippen LogP contribution in [0.15, 0.2) is 24.3 Å². The quantitative estimate of drug-likeness (QED) is 0.847. The van der Waals surface area contributed by atoms with Crippen LogP contribution >= 0.6 is 0 Å². The second kappa shape index (κ2) is 6.82. The maximum atomic E-state index is 12.6. The van der Waals surface area contributed by atoms with Crippen LogP contribution in [0.25, 0.3) is 0 Å². The van der Waals surface area contributed by atoms with Crippen LogP contribution in [0.4, 0.5) is 0 Å². The lowest BCUT2D eigenvalue weighted by Crippen LogP contribution is -2.44.